The Morgan fingerprint density at radius 1 is 1.04 bits per heavy atom. The minimum Gasteiger partial charge on any atom is -0.334 e. The van der Waals surface area contributed by atoms with Gasteiger partial charge in [-0.1, -0.05) is 37.3 Å². The predicted octanol–water partition coefficient (Wildman–Crippen LogP) is 3.39. The Morgan fingerprint density at radius 3 is 2.76 bits per heavy atom. The number of imidazole rings is 1. The van der Waals surface area contributed by atoms with Crippen LogP contribution in [0.2, 0.25) is 0 Å². The lowest BCUT2D eigenvalue weighted by Crippen LogP contribution is -2.43. The molecule has 0 radical (unpaired) electrons. The maximum Gasteiger partial charge on any atom is 0.122 e. The quantitative estimate of drug-likeness (QED) is 0.807. The molecule has 134 valence electrons. The number of aromatic nitrogens is 2. The summed E-state index contributed by atoms with van der Waals surface area (Å²) in [4.78, 5) is 10.0. The van der Waals surface area contributed by atoms with Crippen LogP contribution in [0, 0.1) is 5.92 Å². The molecule has 2 bridgehead atoms. The van der Waals surface area contributed by atoms with Crippen molar-refractivity contribution in [1.29, 1.82) is 0 Å². The van der Waals surface area contributed by atoms with Crippen molar-refractivity contribution in [2.45, 2.75) is 51.9 Å². The first-order valence-electron chi connectivity index (χ1n) is 9.82. The lowest BCUT2D eigenvalue weighted by atomic mass is 9.94. The fraction of sp³-hybridized carbons (Fsp3) is 0.571. The first-order chi connectivity index (χ1) is 12.3. The number of hydrogen-bond donors (Lipinski definition) is 0. The number of hydrogen-bond acceptors (Lipinski definition) is 3. The van der Waals surface area contributed by atoms with Gasteiger partial charge in [0.2, 0.25) is 0 Å². The lowest BCUT2D eigenvalue weighted by molar-refractivity contribution is 0.123. The van der Waals surface area contributed by atoms with Gasteiger partial charge in [0.1, 0.15) is 5.82 Å². The Kier molecular flexibility index (Phi) is 5.18. The van der Waals surface area contributed by atoms with Gasteiger partial charge in [0, 0.05) is 51.2 Å². The minimum absolute atomic E-state index is 0.688. The van der Waals surface area contributed by atoms with Crippen molar-refractivity contribution in [3.63, 3.8) is 0 Å². The van der Waals surface area contributed by atoms with Crippen molar-refractivity contribution in [3.8, 4) is 0 Å². The van der Waals surface area contributed by atoms with Gasteiger partial charge in [-0.25, -0.2) is 4.98 Å². The van der Waals surface area contributed by atoms with Crippen molar-refractivity contribution < 1.29 is 0 Å². The highest BCUT2D eigenvalue weighted by Crippen LogP contribution is 2.29. The van der Waals surface area contributed by atoms with Crippen LogP contribution in [-0.2, 0) is 19.6 Å². The molecule has 1 aromatic heterocycles. The molecule has 0 unspecified atom stereocenters. The summed E-state index contributed by atoms with van der Waals surface area (Å²) in [5.41, 5.74) is 1.44. The van der Waals surface area contributed by atoms with E-state index in [0.29, 0.717) is 6.04 Å². The molecule has 0 amide bonds. The van der Waals surface area contributed by atoms with Gasteiger partial charge in [0.05, 0.1) is 6.54 Å². The molecule has 0 spiro atoms. The van der Waals surface area contributed by atoms with Crippen LogP contribution < -0.4 is 0 Å². The summed E-state index contributed by atoms with van der Waals surface area (Å²) in [7, 11) is 0. The molecule has 4 heterocycles. The van der Waals surface area contributed by atoms with Crippen LogP contribution >= 0.6 is 0 Å². The van der Waals surface area contributed by atoms with Crippen molar-refractivity contribution in [2.24, 2.45) is 5.92 Å². The first-order valence-corrected chi connectivity index (χ1v) is 9.82. The number of fused-ring (bicyclic) bond motifs is 4. The van der Waals surface area contributed by atoms with Crippen molar-refractivity contribution in [2.75, 3.05) is 19.6 Å². The topological polar surface area (TPSA) is 24.3 Å². The van der Waals surface area contributed by atoms with Gasteiger partial charge in [0.25, 0.3) is 0 Å². The van der Waals surface area contributed by atoms with Gasteiger partial charge in [0.15, 0.2) is 0 Å². The Labute approximate surface area is 151 Å². The molecule has 2 aromatic rings. The van der Waals surface area contributed by atoms with E-state index in [-0.39, 0.29) is 0 Å². The number of benzene rings is 1. The molecule has 3 saturated heterocycles. The number of rotatable bonds is 6. The van der Waals surface area contributed by atoms with Crippen LogP contribution in [0.15, 0.2) is 42.7 Å². The SMILES string of the molecule is CCCn1ccnc1CN1C[C@@H]2CC[C@H](C1)N(Cc1ccccc1)C2. The second-order valence-electron chi connectivity index (χ2n) is 7.74. The number of nitrogens with zero attached hydrogens (tertiary/aromatic N) is 4. The van der Waals surface area contributed by atoms with E-state index in [1.54, 1.807) is 0 Å². The zero-order valence-corrected chi connectivity index (χ0v) is 15.3. The lowest BCUT2D eigenvalue weighted by Gasteiger charge is -2.36. The molecule has 5 rings (SSSR count). The standard InChI is InChI=1S/C21H30N4/c1-2-11-24-12-10-22-21(24)17-23-13-19-8-9-20(16-23)25(15-19)14-18-6-4-3-5-7-18/h3-7,10,12,19-20H,2,8-9,11,13-17H2,1H3/t19-,20+/m0/s1. The number of piperidine rings is 1. The highest BCUT2D eigenvalue weighted by atomic mass is 15.3. The van der Waals surface area contributed by atoms with E-state index in [2.05, 4.69) is 62.8 Å². The van der Waals surface area contributed by atoms with E-state index in [1.165, 1.54) is 50.3 Å². The highest BCUT2D eigenvalue weighted by molar-refractivity contribution is 5.15. The largest absolute Gasteiger partial charge is 0.334 e. The summed E-state index contributed by atoms with van der Waals surface area (Å²) in [6.45, 7) is 9.07. The van der Waals surface area contributed by atoms with Gasteiger partial charge < -0.3 is 4.57 Å². The summed E-state index contributed by atoms with van der Waals surface area (Å²) >= 11 is 0. The minimum atomic E-state index is 0.688. The highest BCUT2D eigenvalue weighted by Gasteiger charge is 2.34. The Hall–Kier alpha value is -1.65. The van der Waals surface area contributed by atoms with Crippen LogP contribution in [0.25, 0.3) is 0 Å². The molecule has 4 nitrogen and oxygen atoms in total. The molecule has 3 aliphatic rings. The zero-order chi connectivity index (χ0) is 17.1. The summed E-state index contributed by atoms with van der Waals surface area (Å²) < 4.78 is 2.33. The third-order valence-electron chi connectivity index (χ3n) is 5.76. The van der Waals surface area contributed by atoms with Gasteiger partial charge in [-0.15, -0.1) is 0 Å². The average molecular weight is 338 g/mol. The zero-order valence-electron chi connectivity index (χ0n) is 15.3. The van der Waals surface area contributed by atoms with Gasteiger partial charge in [-0.3, -0.25) is 9.80 Å². The molecule has 3 fully saturated rings. The van der Waals surface area contributed by atoms with Crippen molar-refractivity contribution in [3.05, 3.63) is 54.1 Å². The summed E-state index contributed by atoms with van der Waals surface area (Å²) in [6, 6.07) is 11.6. The van der Waals surface area contributed by atoms with Gasteiger partial charge in [-0.2, -0.15) is 0 Å². The van der Waals surface area contributed by atoms with E-state index < -0.39 is 0 Å². The maximum atomic E-state index is 4.62. The van der Waals surface area contributed by atoms with Crippen molar-refractivity contribution in [1.82, 2.24) is 19.4 Å². The third kappa shape index (κ3) is 3.96. The van der Waals surface area contributed by atoms with E-state index in [1.807, 2.05) is 6.20 Å². The molecule has 4 heteroatoms. The Morgan fingerprint density at radius 2 is 1.92 bits per heavy atom. The molecular formula is C21H30N4. The van der Waals surface area contributed by atoms with E-state index in [0.717, 1.165) is 25.6 Å². The van der Waals surface area contributed by atoms with Crippen molar-refractivity contribution >= 4 is 0 Å². The second kappa shape index (κ2) is 7.71. The first kappa shape index (κ1) is 16.8. The van der Waals surface area contributed by atoms with E-state index in [4.69, 9.17) is 0 Å². The average Bonchev–Trinajstić information content (AvgIpc) is 2.87. The molecule has 3 aliphatic heterocycles. The second-order valence-corrected chi connectivity index (χ2v) is 7.74. The molecular weight excluding hydrogens is 308 g/mol. The molecule has 0 aliphatic carbocycles. The number of aryl methyl sites for hydroxylation is 1. The molecule has 0 N–H and O–H groups in total. The smallest absolute Gasteiger partial charge is 0.122 e. The fourth-order valence-corrected chi connectivity index (χ4v) is 4.55. The van der Waals surface area contributed by atoms with Gasteiger partial charge in [-0.05, 0) is 30.7 Å². The van der Waals surface area contributed by atoms with Crippen LogP contribution in [0.1, 0.15) is 37.6 Å². The predicted molar refractivity (Wildman–Crippen MR) is 101 cm³/mol. The molecule has 1 aromatic carbocycles. The van der Waals surface area contributed by atoms with Crippen LogP contribution in [0.3, 0.4) is 0 Å². The summed E-state index contributed by atoms with van der Waals surface area (Å²) in [5, 5.41) is 0. The van der Waals surface area contributed by atoms with Crippen LogP contribution in [0.4, 0.5) is 0 Å². The Bertz CT molecular complexity index is 666. The van der Waals surface area contributed by atoms with Crippen LogP contribution in [-0.4, -0.2) is 45.0 Å². The molecule has 0 saturated carbocycles. The molecule has 2 atom stereocenters. The van der Waals surface area contributed by atoms with E-state index in [9.17, 15) is 0 Å². The molecule has 25 heavy (non-hydrogen) atoms. The normalized spacial score (nSPS) is 24.5. The van der Waals surface area contributed by atoms with Crippen LogP contribution in [0.5, 0.6) is 0 Å². The maximum absolute atomic E-state index is 4.62. The monoisotopic (exact) mass is 338 g/mol. The fourth-order valence-electron chi connectivity index (χ4n) is 4.55. The third-order valence-corrected chi connectivity index (χ3v) is 5.76. The van der Waals surface area contributed by atoms with E-state index >= 15 is 0 Å². The Balaban J connectivity index is 1.43. The van der Waals surface area contributed by atoms with Gasteiger partial charge >= 0.3 is 0 Å². The summed E-state index contributed by atoms with van der Waals surface area (Å²) in [5.74, 6) is 2.04. The summed E-state index contributed by atoms with van der Waals surface area (Å²) in [6.07, 6.45) is 7.98.